The van der Waals surface area contributed by atoms with Gasteiger partial charge in [0.05, 0.1) is 22.6 Å². The molecule has 2 aromatic carbocycles. The third-order valence-corrected chi connectivity index (χ3v) is 4.08. The van der Waals surface area contributed by atoms with Crippen LogP contribution < -0.4 is 16.0 Å². The first kappa shape index (κ1) is 22.5. The molecular formula is C20H23F4N3O2. The van der Waals surface area contributed by atoms with Gasteiger partial charge in [-0.2, -0.15) is 13.2 Å². The molecular weight excluding hydrogens is 390 g/mol. The zero-order chi connectivity index (χ0) is 21.6. The van der Waals surface area contributed by atoms with Crippen LogP contribution in [0.4, 0.5) is 34.6 Å². The molecule has 0 aromatic heterocycles. The summed E-state index contributed by atoms with van der Waals surface area (Å²) in [6.45, 7) is 5.73. The minimum Gasteiger partial charge on any atom is -0.395 e. The van der Waals surface area contributed by atoms with Crippen LogP contribution in [0.3, 0.4) is 0 Å². The maximum absolute atomic E-state index is 14.9. The topological polar surface area (TPSA) is 70.8 Å². The lowest BCUT2D eigenvalue weighted by Gasteiger charge is -2.26. The number of hydrogen-bond donors (Lipinski definition) is 3. The molecule has 0 aliphatic carbocycles. The molecule has 1 atom stereocenters. The Bertz CT molecular complexity index is 843. The molecule has 0 aliphatic heterocycles. The summed E-state index contributed by atoms with van der Waals surface area (Å²) in [6.07, 6.45) is -4.32. The molecule has 5 nitrogen and oxygen atoms in total. The Balaban J connectivity index is 2.31. The molecule has 9 heteroatoms. The first-order valence-corrected chi connectivity index (χ1v) is 8.83. The van der Waals surface area contributed by atoms with Crippen LogP contribution in [0.15, 0.2) is 49.1 Å². The third-order valence-electron chi connectivity index (χ3n) is 4.08. The first-order chi connectivity index (χ1) is 13.7. The average Bonchev–Trinajstić information content (AvgIpc) is 2.65. The van der Waals surface area contributed by atoms with Gasteiger partial charge in [0.1, 0.15) is 0 Å². The van der Waals surface area contributed by atoms with Crippen molar-refractivity contribution < 1.29 is 27.4 Å². The van der Waals surface area contributed by atoms with E-state index in [1.54, 1.807) is 6.92 Å². The number of nitrogens with zero attached hydrogens (tertiary/aromatic N) is 1. The summed E-state index contributed by atoms with van der Waals surface area (Å²) in [5.74, 6) is -0.771. The summed E-state index contributed by atoms with van der Waals surface area (Å²) in [7, 11) is 0. The molecule has 0 saturated carbocycles. The highest BCUT2D eigenvalue weighted by atomic mass is 19.4. The van der Waals surface area contributed by atoms with Crippen molar-refractivity contribution in [1.82, 2.24) is 0 Å². The van der Waals surface area contributed by atoms with E-state index in [-0.39, 0.29) is 36.8 Å². The van der Waals surface area contributed by atoms with Crippen molar-refractivity contribution in [3.05, 3.63) is 66.0 Å². The predicted octanol–water partition coefficient (Wildman–Crippen LogP) is 4.34. The fraction of sp³-hybridized carbons (Fsp3) is 0.300. The number of ether oxygens (including phenoxy) is 1. The lowest BCUT2D eigenvalue weighted by atomic mass is 10.1. The SMILES string of the molecule is C=CCN(Cc1cccc(C(F)(F)F)c1)c1ccc(NC(O)OCC)c(N)c1F. The number of rotatable bonds is 9. The number of nitrogens with one attached hydrogen (secondary N) is 1. The number of aliphatic hydroxyl groups excluding tert-OH is 1. The summed E-state index contributed by atoms with van der Waals surface area (Å²) in [6, 6.07) is 7.70. The van der Waals surface area contributed by atoms with Crippen LogP contribution >= 0.6 is 0 Å². The second kappa shape index (κ2) is 9.62. The normalized spacial score (nSPS) is 12.5. The number of halogens is 4. The fourth-order valence-corrected chi connectivity index (χ4v) is 2.75. The second-order valence-electron chi connectivity index (χ2n) is 6.18. The molecule has 0 radical (unpaired) electrons. The molecule has 0 aliphatic rings. The summed E-state index contributed by atoms with van der Waals surface area (Å²) in [5.41, 5.74) is 5.38. The van der Waals surface area contributed by atoms with Crippen LogP contribution in [-0.4, -0.2) is 24.7 Å². The van der Waals surface area contributed by atoms with E-state index in [1.807, 2.05) is 0 Å². The van der Waals surface area contributed by atoms with Gasteiger partial charge in [-0.05, 0) is 36.8 Å². The maximum Gasteiger partial charge on any atom is 0.416 e. The van der Waals surface area contributed by atoms with Crippen molar-refractivity contribution in [3.63, 3.8) is 0 Å². The summed E-state index contributed by atoms with van der Waals surface area (Å²) in [5, 5.41) is 12.2. The molecule has 158 valence electrons. The number of hydrogen-bond acceptors (Lipinski definition) is 5. The van der Waals surface area contributed by atoms with Gasteiger partial charge in [-0.25, -0.2) is 4.39 Å². The van der Waals surface area contributed by atoms with Crippen molar-refractivity contribution in [3.8, 4) is 0 Å². The van der Waals surface area contributed by atoms with Crippen molar-refractivity contribution in [2.75, 3.05) is 29.1 Å². The van der Waals surface area contributed by atoms with E-state index >= 15 is 0 Å². The van der Waals surface area contributed by atoms with E-state index in [0.717, 1.165) is 12.1 Å². The van der Waals surface area contributed by atoms with Crippen LogP contribution in [0.2, 0.25) is 0 Å². The molecule has 0 bridgehead atoms. The molecule has 0 spiro atoms. The Labute approximate surface area is 166 Å². The van der Waals surface area contributed by atoms with Gasteiger partial charge in [-0.3, -0.25) is 0 Å². The van der Waals surface area contributed by atoms with Gasteiger partial charge in [0.15, 0.2) is 5.82 Å². The van der Waals surface area contributed by atoms with Gasteiger partial charge in [0, 0.05) is 19.7 Å². The Morgan fingerprint density at radius 3 is 2.66 bits per heavy atom. The van der Waals surface area contributed by atoms with E-state index in [2.05, 4.69) is 11.9 Å². The van der Waals surface area contributed by atoms with Crippen LogP contribution in [0.25, 0.3) is 0 Å². The zero-order valence-corrected chi connectivity index (χ0v) is 15.8. The van der Waals surface area contributed by atoms with E-state index in [9.17, 15) is 22.7 Å². The average molecular weight is 413 g/mol. The number of benzene rings is 2. The van der Waals surface area contributed by atoms with Gasteiger partial charge in [-0.15, -0.1) is 6.58 Å². The monoisotopic (exact) mass is 413 g/mol. The summed E-state index contributed by atoms with van der Waals surface area (Å²) >= 11 is 0. The Morgan fingerprint density at radius 2 is 2.03 bits per heavy atom. The molecule has 29 heavy (non-hydrogen) atoms. The predicted molar refractivity (Wildman–Crippen MR) is 105 cm³/mol. The van der Waals surface area contributed by atoms with Crippen LogP contribution in [0.5, 0.6) is 0 Å². The number of anilines is 3. The largest absolute Gasteiger partial charge is 0.416 e. The van der Waals surface area contributed by atoms with Gasteiger partial charge in [-0.1, -0.05) is 18.2 Å². The second-order valence-corrected chi connectivity index (χ2v) is 6.18. The van der Waals surface area contributed by atoms with Gasteiger partial charge in [0.25, 0.3) is 0 Å². The van der Waals surface area contributed by atoms with Crippen molar-refractivity contribution in [2.45, 2.75) is 26.1 Å². The minimum absolute atomic E-state index is 0.0145. The Kier molecular flexibility index (Phi) is 7.46. The lowest BCUT2D eigenvalue weighted by molar-refractivity contribution is -0.137. The van der Waals surface area contributed by atoms with E-state index in [1.165, 1.54) is 35.2 Å². The van der Waals surface area contributed by atoms with Crippen LogP contribution in [0, 0.1) is 5.82 Å². The molecule has 4 N–H and O–H groups in total. The highest BCUT2D eigenvalue weighted by Gasteiger charge is 2.30. The molecule has 2 aromatic rings. The quantitative estimate of drug-likeness (QED) is 0.247. The van der Waals surface area contributed by atoms with Crippen molar-refractivity contribution >= 4 is 17.1 Å². The summed E-state index contributed by atoms with van der Waals surface area (Å²) in [4.78, 5) is 1.51. The Morgan fingerprint density at radius 1 is 1.31 bits per heavy atom. The fourth-order valence-electron chi connectivity index (χ4n) is 2.75. The van der Waals surface area contributed by atoms with Gasteiger partial charge >= 0.3 is 6.18 Å². The zero-order valence-electron chi connectivity index (χ0n) is 15.8. The lowest BCUT2D eigenvalue weighted by Crippen LogP contribution is -2.26. The van der Waals surface area contributed by atoms with Crippen molar-refractivity contribution in [2.24, 2.45) is 0 Å². The number of nitrogens with two attached hydrogens (primary N) is 1. The van der Waals surface area contributed by atoms with E-state index < -0.39 is 24.0 Å². The minimum atomic E-state index is -4.47. The smallest absolute Gasteiger partial charge is 0.395 e. The Hall–Kier alpha value is -2.78. The van der Waals surface area contributed by atoms with E-state index in [4.69, 9.17) is 10.5 Å². The standard InChI is InChI=1S/C20H23F4N3O2/c1-3-10-27(12-13-6-5-7-14(11-13)20(22,23)24)16-9-8-15(18(25)17(16)21)26-19(28)29-4-2/h3,5-9,11,19,26,28H,1,4,10,12,25H2,2H3. The number of nitrogen functional groups attached to an aromatic ring is 1. The van der Waals surface area contributed by atoms with Crippen molar-refractivity contribution in [1.29, 1.82) is 0 Å². The molecule has 0 fully saturated rings. The first-order valence-electron chi connectivity index (χ1n) is 8.83. The van der Waals surface area contributed by atoms with Gasteiger partial charge in [0.2, 0.25) is 6.41 Å². The summed E-state index contributed by atoms with van der Waals surface area (Å²) < 4.78 is 58.7. The highest BCUT2D eigenvalue weighted by Crippen LogP contribution is 2.33. The molecule has 0 saturated heterocycles. The third kappa shape index (κ3) is 5.85. The number of alkyl halides is 3. The van der Waals surface area contributed by atoms with Crippen LogP contribution in [-0.2, 0) is 17.5 Å². The highest BCUT2D eigenvalue weighted by molar-refractivity contribution is 5.73. The molecule has 0 amide bonds. The molecule has 1 unspecified atom stereocenters. The van der Waals surface area contributed by atoms with Gasteiger partial charge < -0.3 is 25.8 Å². The van der Waals surface area contributed by atoms with Crippen LogP contribution in [0.1, 0.15) is 18.1 Å². The number of aliphatic hydroxyl groups is 1. The van der Waals surface area contributed by atoms with E-state index in [0.29, 0.717) is 5.56 Å². The maximum atomic E-state index is 14.9. The molecule has 0 heterocycles. The molecule has 2 rings (SSSR count).